The van der Waals surface area contributed by atoms with E-state index in [1.165, 1.54) is 38.5 Å². The molecule has 1 aromatic carbocycles. The molecule has 4 aliphatic carbocycles. The maximum atomic E-state index is 12.4. The standard InChI is InChI=1S/C20H27ClN2O/c1-23(13-19(24)22-12-14-2-4-18(21)5-3-14)20-9-15-6-16(10-20)8-17(7-15)11-20/h2-5,15-17H,6-13H2,1H3,(H,22,24). The SMILES string of the molecule is CN(CC(=O)NCc1ccc(Cl)cc1)C12CC3CC(CC(C3)C1)C2. The molecule has 130 valence electrons. The van der Waals surface area contributed by atoms with Crippen LogP contribution in [0.25, 0.3) is 0 Å². The summed E-state index contributed by atoms with van der Waals surface area (Å²) >= 11 is 5.90. The molecule has 4 bridgehead atoms. The van der Waals surface area contributed by atoms with E-state index in [2.05, 4.69) is 17.3 Å². The molecular weight excluding hydrogens is 320 g/mol. The molecule has 4 saturated carbocycles. The van der Waals surface area contributed by atoms with Crippen molar-refractivity contribution in [2.24, 2.45) is 17.8 Å². The third-order valence-corrected chi connectivity index (χ3v) is 6.85. The van der Waals surface area contributed by atoms with Crippen LogP contribution in [0.3, 0.4) is 0 Å². The lowest BCUT2D eigenvalue weighted by molar-refractivity contribution is -0.128. The number of hydrogen-bond donors (Lipinski definition) is 1. The van der Waals surface area contributed by atoms with E-state index in [-0.39, 0.29) is 5.91 Å². The number of rotatable bonds is 5. The molecule has 3 nitrogen and oxygen atoms in total. The lowest BCUT2D eigenvalue weighted by atomic mass is 9.52. The number of amides is 1. The van der Waals surface area contributed by atoms with E-state index in [0.717, 1.165) is 28.3 Å². The van der Waals surface area contributed by atoms with Crippen molar-refractivity contribution in [3.63, 3.8) is 0 Å². The van der Waals surface area contributed by atoms with E-state index in [1.54, 1.807) is 0 Å². The Kier molecular flexibility index (Phi) is 4.34. The van der Waals surface area contributed by atoms with Crippen LogP contribution < -0.4 is 5.32 Å². The Morgan fingerprint density at radius 1 is 1.12 bits per heavy atom. The van der Waals surface area contributed by atoms with Crippen LogP contribution in [0.1, 0.15) is 44.1 Å². The average Bonchev–Trinajstić information content (AvgIpc) is 2.53. The van der Waals surface area contributed by atoms with Gasteiger partial charge in [0.05, 0.1) is 6.54 Å². The fourth-order valence-electron chi connectivity index (χ4n) is 5.77. The Labute approximate surface area is 149 Å². The normalized spacial score (nSPS) is 33.9. The summed E-state index contributed by atoms with van der Waals surface area (Å²) < 4.78 is 0. The number of carbonyl (C=O) groups excluding carboxylic acids is 1. The van der Waals surface area contributed by atoms with Crippen LogP contribution in [-0.4, -0.2) is 29.9 Å². The number of benzene rings is 1. The number of nitrogens with zero attached hydrogens (tertiary/aromatic N) is 1. The van der Waals surface area contributed by atoms with Crippen molar-refractivity contribution >= 4 is 17.5 Å². The van der Waals surface area contributed by atoms with Crippen molar-refractivity contribution in [1.82, 2.24) is 10.2 Å². The zero-order valence-electron chi connectivity index (χ0n) is 14.4. The molecule has 0 saturated heterocycles. The maximum absolute atomic E-state index is 12.4. The fourth-order valence-corrected chi connectivity index (χ4v) is 5.90. The number of halogens is 1. The van der Waals surface area contributed by atoms with Gasteiger partial charge in [-0.1, -0.05) is 23.7 Å². The second-order valence-corrected chi connectivity index (χ2v) is 8.84. The van der Waals surface area contributed by atoms with Gasteiger partial charge in [0, 0.05) is 17.1 Å². The summed E-state index contributed by atoms with van der Waals surface area (Å²) in [5, 5.41) is 3.79. The Morgan fingerprint density at radius 3 is 2.21 bits per heavy atom. The first-order valence-electron chi connectivity index (χ1n) is 9.25. The predicted molar refractivity (Wildman–Crippen MR) is 96.8 cm³/mol. The highest BCUT2D eigenvalue weighted by Crippen LogP contribution is 2.57. The van der Waals surface area contributed by atoms with E-state index in [4.69, 9.17) is 11.6 Å². The first kappa shape index (κ1) is 16.4. The zero-order valence-corrected chi connectivity index (χ0v) is 15.2. The Balaban J connectivity index is 1.33. The first-order valence-corrected chi connectivity index (χ1v) is 9.63. The molecule has 0 aliphatic heterocycles. The lowest BCUT2D eigenvalue weighted by Gasteiger charge is -2.59. The molecule has 4 fully saturated rings. The van der Waals surface area contributed by atoms with Crippen molar-refractivity contribution in [2.75, 3.05) is 13.6 Å². The van der Waals surface area contributed by atoms with Gasteiger partial charge >= 0.3 is 0 Å². The molecule has 1 N–H and O–H groups in total. The second-order valence-electron chi connectivity index (χ2n) is 8.40. The van der Waals surface area contributed by atoms with Gasteiger partial charge in [0.1, 0.15) is 0 Å². The van der Waals surface area contributed by atoms with Crippen LogP contribution >= 0.6 is 11.6 Å². The molecule has 0 spiro atoms. The number of carbonyl (C=O) groups is 1. The summed E-state index contributed by atoms with van der Waals surface area (Å²) in [6.07, 6.45) is 8.24. The highest BCUT2D eigenvalue weighted by atomic mass is 35.5. The van der Waals surface area contributed by atoms with Gasteiger partial charge < -0.3 is 5.32 Å². The van der Waals surface area contributed by atoms with Crippen LogP contribution in [0.15, 0.2) is 24.3 Å². The zero-order chi connectivity index (χ0) is 16.7. The van der Waals surface area contributed by atoms with Crippen LogP contribution in [0.5, 0.6) is 0 Å². The molecule has 4 aliphatic rings. The monoisotopic (exact) mass is 346 g/mol. The minimum Gasteiger partial charge on any atom is -0.351 e. The van der Waals surface area contributed by atoms with Gasteiger partial charge in [-0.3, -0.25) is 9.69 Å². The van der Waals surface area contributed by atoms with Gasteiger partial charge in [-0.2, -0.15) is 0 Å². The topological polar surface area (TPSA) is 32.3 Å². The summed E-state index contributed by atoms with van der Waals surface area (Å²) in [7, 11) is 2.16. The fraction of sp³-hybridized carbons (Fsp3) is 0.650. The average molecular weight is 347 g/mol. The summed E-state index contributed by atoms with van der Waals surface area (Å²) in [5.74, 6) is 2.87. The Morgan fingerprint density at radius 2 is 1.67 bits per heavy atom. The van der Waals surface area contributed by atoms with E-state index >= 15 is 0 Å². The second kappa shape index (κ2) is 6.34. The molecule has 0 radical (unpaired) electrons. The van der Waals surface area contributed by atoms with Crippen molar-refractivity contribution in [3.8, 4) is 0 Å². The molecule has 0 aromatic heterocycles. The van der Waals surface area contributed by atoms with Crippen LogP contribution in [0, 0.1) is 17.8 Å². The molecule has 0 unspecified atom stereocenters. The third kappa shape index (κ3) is 3.21. The van der Waals surface area contributed by atoms with Crippen molar-refractivity contribution < 1.29 is 4.79 Å². The Bertz CT molecular complexity index is 577. The molecule has 0 heterocycles. The van der Waals surface area contributed by atoms with Crippen LogP contribution in [-0.2, 0) is 11.3 Å². The van der Waals surface area contributed by atoms with Crippen molar-refractivity contribution in [3.05, 3.63) is 34.9 Å². The van der Waals surface area contributed by atoms with E-state index < -0.39 is 0 Å². The predicted octanol–water partition coefficient (Wildman–Crippen LogP) is 3.86. The summed E-state index contributed by atoms with van der Waals surface area (Å²) in [6.45, 7) is 1.09. The molecule has 4 heteroatoms. The smallest absolute Gasteiger partial charge is 0.234 e. The minimum absolute atomic E-state index is 0.128. The van der Waals surface area contributed by atoms with Crippen LogP contribution in [0.4, 0.5) is 0 Å². The number of likely N-dealkylation sites (N-methyl/N-ethyl adjacent to an activating group) is 1. The van der Waals surface area contributed by atoms with E-state index in [0.29, 0.717) is 18.6 Å². The number of nitrogens with one attached hydrogen (secondary N) is 1. The minimum atomic E-state index is 0.128. The third-order valence-electron chi connectivity index (χ3n) is 6.60. The molecule has 0 atom stereocenters. The van der Waals surface area contributed by atoms with Gasteiger partial charge in [0.15, 0.2) is 0 Å². The highest BCUT2D eigenvalue weighted by Gasteiger charge is 2.52. The van der Waals surface area contributed by atoms with Gasteiger partial charge in [-0.05, 0) is 81.0 Å². The molecule has 24 heavy (non-hydrogen) atoms. The van der Waals surface area contributed by atoms with Gasteiger partial charge in [0.25, 0.3) is 0 Å². The molecule has 1 amide bonds. The van der Waals surface area contributed by atoms with Crippen molar-refractivity contribution in [2.45, 2.75) is 50.6 Å². The van der Waals surface area contributed by atoms with Gasteiger partial charge in [-0.25, -0.2) is 0 Å². The van der Waals surface area contributed by atoms with Crippen molar-refractivity contribution in [1.29, 1.82) is 0 Å². The summed E-state index contributed by atoms with van der Waals surface area (Å²) in [4.78, 5) is 14.8. The molecule has 5 rings (SSSR count). The van der Waals surface area contributed by atoms with Gasteiger partial charge in [-0.15, -0.1) is 0 Å². The van der Waals surface area contributed by atoms with E-state index in [9.17, 15) is 4.79 Å². The summed E-state index contributed by atoms with van der Waals surface area (Å²) in [6, 6.07) is 7.66. The largest absolute Gasteiger partial charge is 0.351 e. The molecule has 1 aromatic rings. The first-order chi connectivity index (χ1) is 11.5. The Hall–Kier alpha value is -1.06. The lowest BCUT2D eigenvalue weighted by Crippen LogP contribution is -2.60. The number of hydrogen-bond acceptors (Lipinski definition) is 2. The quantitative estimate of drug-likeness (QED) is 0.878. The molecular formula is C20H27ClN2O. The van der Waals surface area contributed by atoms with E-state index in [1.807, 2.05) is 24.3 Å². The summed E-state index contributed by atoms with van der Waals surface area (Å²) in [5.41, 5.74) is 1.39. The maximum Gasteiger partial charge on any atom is 0.234 e. The van der Waals surface area contributed by atoms with Gasteiger partial charge in [0.2, 0.25) is 5.91 Å². The highest BCUT2D eigenvalue weighted by molar-refractivity contribution is 6.30. The van der Waals surface area contributed by atoms with Crippen LogP contribution in [0.2, 0.25) is 5.02 Å².